The molecule has 3 rings (SSSR count). The first-order valence-corrected chi connectivity index (χ1v) is 10.1. The fraction of sp³-hybridized carbons (Fsp3) is 0.474. The molecule has 0 unspecified atom stereocenters. The van der Waals surface area contributed by atoms with Crippen LogP contribution >= 0.6 is 0 Å². The summed E-state index contributed by atoms with van der Waals surface area (Å²) in [5.74, 6) is -0.102. The number of carbonyl (C=O) groups excluding carboxylic acids is 1. The van der Waals surface area contributed by atoms with E-state index in [1.54, 1.807) is 30.5 Å². The second-order valence-electron chi connectivity index (χ2n) is 7.53. The van der Waals surface area contributed by atoms with E-state index in [0.717, 1.165) is 29.7 Å². The summed E-state index contributed by atoms with van der Waals surface area (Å²) in [7, 11) is -1.04. The van der Waals surface area contributed by atoms with Crippen molar-refractivity contribution >= 4 is 16.7 Å². The Morgan fingerprint density at radius 1 is 1.28 bits per heavy atom. The molecule has 1 aliphatic carbocycles. The zero-order chi connectivity index (χ0) is 18.2. The molecule has 2 aromatic rings. The predicted molar refractivity (Wildman–Crippen MR) is 99.1 cm³/mol. The van der Waals surface area contributed by atoms with Gasteiger partial charge in [-0.2, -0.15) is 5.10 Å². The van der Waals surface area contributed by atoms with Crippen LogP contribution in [0.15, 0.2) is 35.4 Å². The molecule has 0 fully saturated rings. The molecule has 0 spiro atoms. The Hall–Kier alpha value is -1.95. The van der Waals surface area contributed by atoms with Crippen LogP contribution in [0.1, 0.15) is 61.3 Å². The minimum atomic E-state index is -1.04. The number of amides is 1. The van der Waals surface area contributed by atoms with Gasteiger partial charge in [0.2, 0.25) is 0 Å². The Morgan fingerprint density at radius 2 is 1.96 bits per heavy atom. The number of nitrogens with one attached hydrogen (secondary N) is 1. The topological polar surface area (TPSA) is 64.0 Å². The molecule has 0 saturated heterocycles. The number of carbonyl (C=O) groups is 1. The second kappa shape index (κ2) is 6.75. The molecule has 1 amide bonds. The van der Waals surface area contributed by atoms with E-state index in [1.807, 2.05) is 6.20 Å². The fourth-order valence-electron chi connectivity index (χ4n) is 3.32. The second-order valence-corrected chi connectivity index (χ2v) is 8.91. The highest BCUT2D eigenvalue weighted by molar-refractivity contribution is 7.84. The third-order valence-corrected chi connectivity index (χ3v) is 5.51. The molecule has 1 N–H and O–H groups in total. The van der Waals surface area contributed by atoms with E-state index in [2.05, 4.69) is 35.9 Å². The average Bonchev–Trinajstić information content (AvgIpc) is 3.00. The lowest BCUT2D eigenvalue weighted by atomic mass is 9.92. The number of hydrogen-bond donors (Lipinski definition) is 1. The lowest BCUT2D eigenvalue weighted by Gasteiger charge is -2.28. The van der Waals surface area contributed by atoms with Crippen molar-refractivity contribution in [2.75, 3.05) is 6.26 Å². The van der Waals surface area contributed by atoms with Crippen LogP contribution in [0, 0.1) is 0 Å². The first-order valence-electron chi connectivity index (χ1n) is 8.59. The van der Waals surface area contributed by atoms with Crippen LogP contribution in [0.2, 0.25) is 0 Å². The van der Waals surface area contributed by atoms with Gasteiger partial charge in [0, 0.05) is 38.8 Å². The van der Waals surface area contributed by atoms with Crippen LogP contribution < -0.4 is 5.32 Å². The molecule has 0 saturated carbocycles. The third-order valence-electron chi connectivity index (χ3n) is 4.57. The van der Waals surface area contributed by atoms with Crippen molar-refractivity contribution in [1.29, 1.82) is 0 Å². The molecule has 0 bridgehead atoms. The number of fused-ring (bicyclic) bond motifs is 1. The summed E-state index contributed by atoms with van der Waals surface area (Å²) in [5, 5.41) is 7.70. The Balaban J connectivity index is 1.79. The Morgan fingerprint density at radius 3 is 2.56 bits per heavy atom. The van der Waals surface area contributed by atoms with Gasteiger partial charge in [-0.15, -0.1) is 0 Å². The van der Waals surface area contributed by atoms with Gasteiger partial charge < -0.3 is 5.32 Å². The maximum absolute atomic E-state index is 12.6. The molecule has 0 aliphatic heterocycles. The van der Waals surface area contributed by atoms with Crippen molar-refractivity contribution in [3.63, 3.8) is 0 Å². The highest BCUT2D eigenvalue weighted by Gasteiger charge is 2.29. The van der Waals surface area contributed by atoms with Crippen molar-refractivity contribution in [3.8, 4) is 0 Å². The smallest absolute Gasteiger partial charge is 0.251 e. The molecule has 134 valence electrons. The van der Waals surface area contributed by atoms with Gasteiger partial charge in [0.1, 0.15) is 0 Å². The SMILES string of the molecule is C[S@](=O)c1ccc(C(=O)N[C@H]2CCCc3c2cnn3C(C)(C)C)cc1. The van der Waals surface area contributed by atoms with E-state index in [0.29, 0.717) is 5.56 Å². The molecule has 2 atom stereocenters. The molecule has 1 aliphatic rings. The summed E-state index contributed by atoms with van der Waals surface area (Å²) in [5.41, 5.74) is 2.87. The minimum absolute atomic E-state index is 0.00710. The van der Waals surface area contributed by atoms with Gasteiger partial charge in [-0.25, -0.2) is 0 Å². The van der Waals surface area contributed by atoms with E-state index < -0.39 is 10.8 Å². The van der Waals surface area contributed by atoms with Gasteiger partial charge in [-0.3, -0.25) is 13.7 Å². The van der Waals surface area contributed by atoms with E-state index in [1.165, 1.54) is 5.69 Å². The summed E-state index contributed by atoms with van der Waals surface area (Å²) in [6.45, 7) is 6.42. The van der Waals surface area contributed by atoms with Gasteiger partial charge >= 0.3 is 0 Å². The Labute approximate surface area is 151 Å². The van der Waals surface area contributed by atoms with Gasteiger partial charge in [-0.05, 0) is 64.3 Å². The number of nitrogens with zero attached hydrogens (tertiary/aromatic N) is 2. The summed E-state index contributed by atoms with van der Waals surface area (Å²) in [4.78, 5) is 13.3. The van der Waals surface area contributed by atoms with Crippen molar-refractivity contribution in [2.45, 2.75) is 56.5 Å². The van der Waals surface area contributed by atoms with E-state index in [9.17, 15) is 9.00 Å². The van der Waals surface area contributed by atoms with Crippen molar-refractivity contribution in [2.24, 2.45) is 0 Å². The highest BCUT2D eigenvalue weighted by atomic mass is 32.2. The van der Waals surface area contributed by atoms with Crippen LogP contribution in [0.5, 0.6) is 0 Å². The summed E-state index contributed by atoms with van der Waals surface area (Å²) >= 11 is 0. The quantitative estimate of drug-likeness (QED) is 0.915. The van der Waals surface area contributed by atoms with Crippen molar-refractivity contribution < 1.29 is 9.00 Å². The van der Waals surface area contributed by atoms with Crippen LogP contribution in [0.4, 0.5) is 0 Å². The highest BCUT2D eigenvalue weighted by Crippen LogP contribution is 2.32. The normalized spacial score (nSPS) is 18.5. The number of benzene rings is 1. The molecule has 0 radical (unpaired) electrons. The van der Waals surface area contributed by atoms with Gasteiger partial charge in [0.25, 0.3) is 5.91 Å². The first kappa shape index (κ1) is 17.9. The maximum atomic E-state index is 12.6. The third kappa shape index (κ3) is 3.68. The number of hydrogen-bond acceptors (Lipinski definition) is 3. The summed E-state index contributed by atoms with van der Waals surface area (Å²) in [6.07, 6.45) is 6.48. The average molecular weight is 359 g/mol. The lowest BCUT2D eigenvalue weighted by molar-refractivity contribution is 0.0932. The molecule has 1 aromatic carbocycles. The first-order chi connectivity index (χ1) is 11.8. The molecular weight excluding hydrogens is 334 g/mol. The number of rotatable bonds is 3. The van der Waals surface area contributed by atoms with Crippen LogP contribution in [0.25, 0.3) is 0 Å². The van der Waals surface area contributed by atoms with Crippen molar-refractivity contribution in [3.05, 3.63) is 47.3 Å². The molecule has 25 heavy (non-hydrogen) atoms. The summed E-state index contributed by atoms with van der Waals surface area (Å²) in [6, 6.07) is 6.94. The minimum Gasteiger partial charge on any atom is -0.345 e. The molecule has 5 nitrogen and oxygen atoms in total. The van der Waals surface area contributed by atoms with Gasteiger partial charge in [-0.1, -0.05) is 0 Å². The molecular formula is C19H25N3O2S. The molecule has 1 aromatic heterocycles. The zero-order valence-corrected chi connectivity index (χ0v) is 16.0. The van der Waals surface area contributed by atoms with Crippen LogP contribution in [-0.4, -0.2) is 26.2 Å². The van der Waals surface area contributed by atoms with Gasteiger partial charge in [0.15, 0.2) is 0 Å². The van der Waals surface area contributed by atoms with E-state index >= 15 is 0 Å². The van der Waals surface area contributed by atoms with Crippen LogP contribution in [-0.2, 0) is 22.8 Å². The van der Waals surface area contributed by atoms with Crippen molar-refractivity contribution in [1.82, 2.24) is 15.1 Å². The predicted octanol–water partition coefficient (Wildman–Crippen LogP) is 3.18. The van der Waals surface area contributed by atoms with Gasteiger partial charge in [0.05, 0.1) is 17.8 Å². The Bertz CT molecular complexity index is 803. The van der Waals surface area contributed by atoms with Crippen LogP contribution in [0.3, 0.4) is 0 Å². The molecule has 1 heterocycles. The standard InChI is InChI=1S/C19H25N3O2S/c1-19(2,3)22-17-7-5-6-16(15(17)12-20-22)21-18(23)13-8-10-14(11-9-13)25(4)24/h8-12,16H,5-7H2,1-4H3,(H,21,23)/t16-,25-/m0/s1. The maximum Gasteiger partial charge on any atom is 0.251 e. The Kier molecular flexibility index (Phi) is 4.82. The zero-order valence-electron chi connectivity index (χ0n) is 15.2. The van der Waals surface area contributed by atoms with E-state index in [-0.39, 0.29) is 17.5 Å². The molecule has 6 heteroatoms. The lowest BCUT2D eigenvalue weighted by Crippen LogP contribution is -2.32. The monoisotopic (exact) mass is 359 g/mol. The van der Waals surface area contributed by atoms with E-state index in [4.69, 9.17) is 0 Å². The summed E-state index contributed by atoms with van der Waals surface area (Å²) < 4.78 is 13.5. The number of aromatic nitrogens is 2. The largest absolute Gasteiger partial charge is 0.345 e. The fourth-order valence-corrected chi connectivity index (χ4v) is 3.84.